The van der Waals surface area contributed by atoms with E-state index in [9.17, 15) is 0 Å². The molecule has 0 rings (SSSR count). The zero-order chi connectivity index (χ0) is 10.5. The third kappa shape index (κ3) is 8.65. The van der Waals surface area contributed by atoms with Crippen LogP contribution >= 0.6 is 0 Å². The lowest BCUT2D eigenvalue weighted by molar-refractivity contribution is 0.385. The van der Waals surface area contributed by atoms with Crippen molar-refractivity contribution >= 4 is 11.9 Å². The van der Waals surface area contributed by atoms with Crippen molar-refractivity contribution < 1.29 is 0 Å². The van der Waals surface area contributed by atoms with Crippen LogP contribution in [0.5, 0.6) is 0 Å². The SMILES string of the molecule is CC(C)(C)CCN=C(N)NC(=N)N. The van der Waals surface area contributed by atoms with Crippen molar-refractivity contribution in [3.63, 3.8) is 0 Å². The first-order valence-electron chi connectivity index (χ1n) is 4.22. The largest absolute Gasteiger partial charge is 0.370 e. The third-order valence-corrected chi connectivity index (χ3v) is 1.41. The Kier molecular flexibility index (Phi) is 4.23. The van der Waals surface area contributed by atoms with Gasteiger partial charge in [-0.25, -0.2) is 0 Å². The zero-order valence-electron chi connectivity index (χ0n) is 8.52. The van der Waals surface area contributed by atoms with E-state index in [4.69, 9.17) is 16.9 Å². The van der Waals surface area contributed by atoms with Gasteiger partial charge >= 0.3 is 0 Å². The van der Waals surface area contributed by atoms with Gasteiger partial charge in [0.1, 0.15) is 0 Å². The molecule has 6 N–H and O–H groups in total. The minimum atomic E-state index is -0.183. The lowest BCUT2D eigenvalue weighted by atomic mass is 9.93. The normalized spacial score (nSPS) is 12.7. The summed E-state index contributed by atoms with van der Waals surface area (Å²) in [5.41, 5.74) is 10.7. The lowest BCUT2D eigenvalue weighted by Crippen LogP contribution is -2.40. The molecule has 0 radical (unpaired) electrons. The summed E-state index contributed by atoms with van der Waals surface area (Å²) >= 11 is 0. The van der Waals surface area contributed by atoms with E-state index in [1.165, 1.54) is 0 Å². The van der Waals surface area contributed by atoms with Gasteiger partial charge in [-0.2, -0.15) is 0 Å². The number of hydrogen-bond donors (Lipinski definition) is 4. The molecule has 0 aromatic carbocycles. The Morgan fingerprint density at radius 1 is 1.38 bits per heavy atom. The van der Waals surface area contributed by atoms with Gasteiger partial charge in [0, 0.05) is 6.54 Å². The first-order valence-corrected chi connectivity index (χ1v) is 4.22. The molecular weight excluding hydrogens is 166 g/mol. The summed E-state index contributed by atoms with van der Waals surface area (Å²) in [4.78, 5) is 4.01. The van der Waals surface area contributed by atoms with Crippen LogP contribution in [0.25, 0.3) is 0 Å². The molecule has 0 saturated heterocycles. The summed E-state index contributed by atoms with van der Waals surface area (Å²) in [6, 6.07) is 0. The molecule has 0 aliphatic heterocycles. The molecule has 0 spiro atoms. The molecule has 5 heteroatoms. The minimum Gasteiger partial charge on any atom is -0.370 e. The van der Waals surface area contributed by atoms with Gasteiger partial charge in [-0.3, -0.25) is 15.7 Å². The second kappa shape index (κ2) is 4.69. The van der Waals surface area contributed by atoms with E-state index in [2.05, 4.69) is 31.1 Å². The summed E-state index contributed by atoms with van der Waals surface area (Å²) in [5, 5.41) is 9.31. The number of nitrogens with one attached hydrogen (secondary N) is 2. The Morgan fingerprint density at radius 2 is 1.92 bits per heavy atom. The van der Waals surface area contributed by atoms with E-state index in [0.717, 1.165) is 6.42 Å². The fourth-order valence-electron chi connectivity index (χ4n) is 0.689. The van der Waals surface area contributed by atoms with Crippen LogP contribution in [-0.4, -0.2) is 18.5 Å². The molecule has 76 valence electrons. The van der Waals surface area contributed by atoms with Crippen LogP contribution in [0.15, 0.2) is 4.99 Å². The summed E-state index contributed by atoms with van der Waals surface area (Å²) < 4.78 is 0. The molecule has 0 aromatic rings. The third-order valence-electron chi connectivity index (χ3n) is 1.41. The van der Waals surface area contributed by atoms with Crippen LogP contribution < -0.4 is 16.8 Å². The number of nitrogens with two attached hydrogens (primary N) is 2. The van der Waals surface area contributed by atoms with Gasteiger partial charge in [0.05, 0.1) is 0 Å². The van der Waals surface area contributed by atoms with Crippen LogP contribution in [-0.2, 0) is 0 Å². The highest BCUT2D eigenvalue weighted by Gasteiger charge is 2.08. The predicted octanol–water partition coefficient (Wildman–Crippen LogP) is 0.220. The Hall–Kier alpha value is -1.26. The van der Waals surface area contributed by atoms with Crippen LogP contribution in [0.3, 0.4) is 0 Å². The lowest BCUT2D eigenvalue weighted by Gasteiger charge is -2.16. The molecule has 0 amide bonds. The zero-order valence-corrected chi connectivity index (χ0v) is 8.52. The van der Waals surface area contributed by atoms with Crippen LogP contribution in [0.2, 0.25) is 0 Å². The molecule has 0 unspecified atom stereocenters. The second-order valence-electron chi connectivity index (χ2n) is 4.12. The summed E-state index contributed by atoms with van der Waals surface area (Å²) in [5.74, 6) is 0.0220. The van der Waals surface area contributed by atoms with E-state index in [-0.39, 0.29) is 17.3 Å². The summed E-state index contributed by atoms with van der Waals surface area (Å²) in [6.07, 6.45) is 0.952. The standard InChI is InChI=1S/C8H19N5/c1-8(2,3)4-5-12-7(11)13-6(9)10/h4-5H2,1-3H3,(H6,9,10,11,12,13). The number of guanidine groups is 2. The maximum atomic E-state index is 6.89. The first kappa shape index (κ1) is 11.7. The van der Waals surface area contributed by atoms with Crippen molar-refractivity contribution in [2.45, 2.75) is 27.2 Å². The van der Waals surface area contributed by atoms with Gasteiger partial charge in [0.2, 0.25) is 0 Å². The van der Waals surface area contributed by atoms with Crippen molar-refractivity contribution in [2.75, 3.05) is 6.54 Å². The highest BCUT2D eigenvalue weighted by atomic mass is 15.2. The molecule has 0 heterocycles. The molecule has 13 heavy (non-hydrogen) atoms. The Labute approximate surface area is 79.1 Å². The number of hydrogen-bond acceptors (Lipinski definition) is 2. The monoisotopic (exact) mass is 185 g/mol. The van der Waals surface area contributed by atoms with E-state index >= 15 is 0 Å². The van der Waals surface area contributed by atoms with E-state index in [0.29, 0.717) is 6.54 Å². The molecule has 0 fully saturated rings. The second-order valence-corrected chi connectivity index (χ2v) is 4.12. The van der Waals surface area contributed by atoms with Crippen LogP contribution in [0, 0.1) is 10.8 Å². The summed E-state index contributed by atoms with van der Waals surface area (Å²) in [7, 11) is 0. The topological polar surface area (TPSA) is 100 Å². The van der Waals surface area contributed by atoms with Gasteiger partial charge in [-0.05, 0) is 11.8 Å². The highest BCUT2D eigenvalue weighted by Crippen LogP contribution is 2.17. The predicted molar refractivity (Wildman–Crippen MR) is 55.6 cm³/mol. The van der Waals surface area contributed by atoms with E-state index in [1.807, 2.05) is 0 Å². The fraction of sp³-hybridized carbons (Fsp3) is 0.750. The van der Waals surface area contributed by atoms with Crippen LogP contribution in [0.4, 0.5) is 0 Å². The number of nitrogens with zero attached hydrogens (tertiary/aromatic N) is 1. The van der Waals surface area contributed by atoms with Crippen molar-refractivity contribution in [3.05, 3.63) is 0 Å². The van der Waals surface area contributed by atoms with Crippen molar-refractivity contribution in [2.24, 2.45) is 21.9 Å². The van der Waals surface area contributed by atoms with Crippen molar-refractivity contribution in [1.82, 2.24) is 5.32 Å². The van der Waals surface area contributed by atoms with Gasteiger partial charge in [-0.15, -0.1) is 0 Å². The Bertz CT molecular complexity index is 201. The number of aliphatic imine (C=N–C) groups is 1. The van der Waals surface area contributed by atoms with Gasteiger partial charge in [0.25, 0.3) is 0 Å². The maximum absolute atomic E-state index is 6.89. The van der Waals surface area contributed by atoms with E-state index < -0.39 is 0 Å². The van der Waals surface area contributed by atoms with Crippen molar-refractivity contribution in [3.8, 4) is 0 Å². The van der Waals surface area contributed by atoms with Gasteiger partial charge in [-0.1, -0.05) is 20.8 Å². The smallest absolute Gasteiger partial charge is 0.195 e. The van der Waals surface area contributed by atoms with Gasteiger partial charge in [0.15, 0.2) is 11.9 Å². The molecular formula is C8H19N5. The fourth-order valence-corrected chi connectivity index (χ4v) is 0.689. The Balaban J connectivity index is 3.78. The maximum Gasteiger partial charge on any atom is 0.195 e. The Morgan fingerprint density at radius 3 is 2.31 bits per heavy atom. The highest BCUT2D eigenvalue weighted by molar-refractivity contribution is 5.95. The molecule has 0 aliphatic rings. The van der Waals surface area contributed by atoms with Crippen molar-refractivity contribution in [1.29, 1.82) is 5.41 Å². The molecule has 0 atom stereocenters. The molecule has 0 saturated carbocycles. The molecule has 0 aromatic heterocycles. The van der Waals surface area contributed by atoms with E-state index in [1.54, 1.807) is 0 Å². The molecule has 0 aliphatic carbocycles. The average molecular weight is 185 g/mol. The van der Waals surface area contributed by atoms with Crippen LogP contribution in [0.1, 0.15) is 27.2 Å². The average Bonchev–Trinajstić information content (AvgIpc) is 1.81. The first-order chi connectivity index (χ1) is 5.81. The minimum absolute atomic E-state index is 0.183. The number of rotatable bonds is 2. The molecule has 5 nitrogen and oxygen atoms in total. The molecule has 0 bridgehead atoms. The van der Waals surface area contributed by atoms with Gasteiger partial charge < -0.3 is 11.5 Å². The summed E-state index contributed by atoms with van der Waals surface area (Å²) in [6.45, 7) is 7.06. The quantitative estimate of drug-likeness (QED) is 0.365.